The van der Waals surface area contributed by atoms with Gasteiger partial charge in [0.15, 0.2) is 0 Å². The van der Waals surface area contributed by atoms with Crippen LogP contribution in [-0.4, -0.2) is 61.6 Å². The van der Waals surface area contributed by atoms with Crippen molar-refractivity contribution in [2.75, 3.05) is 50.9 Å². The molecule has 0 atom stereocenters. The lowest BCUT2D eigenvalue weighted by molar-refractivity contribution is -0.137. The number of piperidine rings is 1. The number of nitrogens with zero attached hydrogens (tertiary/aromatic N) is 3. The van der Waals surface area contributed by atoms with E-state index in [4.69, 9.17) is 14.7 Å². The molecule has 2 saturated heterocycles. The molecule has 2 aromatic rings. The highest BCUT2D eigenvalue weighted by Gasteiger charge is 2.36. The van der Waals surface area contributed by atoms with E-state index in [-0.39, 0.29) is 5.56 Å². The molecule has 0 spiro atoms. The molecular weight excluding hydrogens is 471 g/mol. The van der Waals surface area contributed by atoms with Crippen molar-refractivity contribution in [1.29, 1.82) is 5.26 Å². The first-order valence-electron chi connectivity index (χ1n) is 12.3. The van der Waals surface area contributed by atoms with Gasteiger partial charge in [0.1, 0.15) is 5.75 Å². The molecule has 2 aromatic carbocycles. The average Bonchev–Trinajstić information content (AvgIpc) is 2.85. The third-order valence-electron chi connectivity index (χ3n) is 7.06. The second-order valence-electron chi connectivity index (χ2n) is 9.64. The lowest BCUT2D eigenvalue weighted by atomic mass is 9.88. The first kappa shape index (κ1) is 26.3. The predicted molar refractivity (Wildman–Crippen MR) is 130 cm³/mol. The van der Waals surface area contributed by atoms with E-state index in [9.17, 15) is 18.3 Å². The van der Waals surface area contributed by atoms with Gasteiger partial charge in [-0.15, -0.1) is 0 Å². The number of alkyl halides is 3. The van der Waals surface area contributed by atoms with Gasteiger partial charge in [0.25, 0.3) is 0 Å². The van der Waals surface area contributed by atoms with Crippen LogP contribution in [0.2, 0.25) is 0 Å². The van der Waals surface area contributed by atoms with Gasteiger partial charge in [-0.05, 0) is 55.2 Å². The highest BCUT2D eigenvalue weighted by atomic mass is 19.4. The number of aryl methyl sites for hydroxylation is 1. The van der Waals surface area contributed by atoms with Crippen LogP contribution in [0, 0.1) is 18.3 Å². The van der Waals surface area contributed by atoms with E-state index in [1.807, 2.05) is 17.9 Å². The van der Waals surface area contributed by atoms with E-state index in [2.05, 4.69) is 17.0 Å². The maximum atomic E-state index is 13.3. The Morgan fingerprint density at radius 1 is 1.08 bits per heavy atom. The molecule has 2 fully saturated rings. The van der Waals surface area contributed by atoms with Crippen LogP contribution in [0.3, 0.4) is 0 Å². The van der Waals surface area contributed by atoms with Crippen molar-refractivity contribution < 1.29 is 27.8 Å². The molecule has 2 heterocycles. The molecule has 36 heavy (non-hydrogen) atoms. The summed E-state index contributed by atoms with van der Waals surface area (Å²) in [7, 11) is 0. The van der Waals surface area contributed by atoms with Crippen LogP contribution in [0.25, 0.3) is 0 Å². The number of aliphatic hydroxyl groups is 1. The molecule has 0 radical (unpaired) electrons. The van der Waals surface area contributed by atoms with Crippen molar-refractivity contribution in [3.63, 3.8) is 0 Å². The molecule has 0 saturated carbocycles. The SMILES string of the molecule is Cc1cc(CN2CCOCC2)ccc1OCCC1(O)CCN(c2ccc(C#N)c(C(F)(F)F)c2)CC1. The van der Waals surface area contributed by atoms with E-state index >= 15 is 0 Å². The van der Waals surface area contributed by atoms with E-state index in [1.165, 1.54) is 17.7 Å². The van der Waals surface area contributed by atoms with Gasteiger partial charge in [-0.1, -0.05) is 12.1 Å². The summed E-state index contributed by atoms with van der Waals surface area (Å²) in [6, 6.07) is 11.5. The Bertz CT molecular complexity index is 1090. The average molecular weight is 504 g/mol. The molecule has 4 rings (SSSR count). The van der Waals surface area contributed by atoms with E-state index in [0.717, 1.165) is 50.2 Å². The highest BCUT2D eigenvalue weighted by Crippen LogP contribution is 2.36. The minimum absolute atomic E-state index is 0.356. The maximum Gasteiger partial charge on any atom is 0.417 e. The van der Waals surface area contributed by atoms with Crippen molar-refractivity contribution in [3.8, 4) is 11.8 Å². The van der Waals surface area contributed by atoms with Crippen LogP contribution < -0.4 is 9.64 Å². The summed E-state index contributed by atoms with van der Waals surface area (Å²) in [6.45, 7) is 7.50. The molecule has 2 aliphatic rings. The molecule has 194 valence electrons. The summed E-state index contributed by atoms with van der Waals surface area (Å²) in [4.78, 5) is 4.19. The largest absolute Gasteiger partial charge is 0.493 e. The fourth-order valence-electron chi connectivity index (χ4n) is 4.83. The number of morpholine rings is 1. The molecular formula is C27H32F3N3O3. The molecule has 0 amide bonds. The minimum Gasteiger partial charge on any atom is -0.493 e. The van der Waals surface area contributed by atoms with Crippen molar-refractivity contribution in [1.82, 2.24) is 4.90 Å². The topological polar surface area (TPSA) is 69.0 Å². The van der Waals surface area contributed by atoms with E-state index in [0.29, 0.717) is 44.6 Å². The lowest BCUT2D eigenvalue weighted by Gasteiger charge is -2.39. The normalized spacial score (nSPS) is 18.6. The first-order chi connectivity index (χ1) is 17.2. The molecule has 0 aromatic heterocycles. The van der Waals surface area contributed by atoms with Crippen LogP contribution in [-0.2, 0) is 17.5 Å². The standard InChI is InChI=1S/C27H32F3N3O3/c1-20-16-21(19-32-11-14-35-15-12-32)2-5-25(20)36-13-8-26(34)6-9-33(10-7-26)23-4-3-22(18-31)24(17-23)27(28,29)30/h2-5,16-17,34H,6-15,19H2,1H3. The van der Waals surface area contributed by atoms with E-state index < -0.39 is 17.3 Å². The molecule has 1 N–H and O–H groups in total. The molecule has 0 unspecified atom stereocenters. The van der Waals surface area contributed by atoms with Crippen molar-refractivity contribution in [3.05, 3.63) is 58.7 Å². The number of hydrogen-bond donors (Lipinski definition) is 1. The Morgan fingerprint density at radius 3 is 2.44 bits per heavy atom. The van der Waals surface area contributed by atoms with Crippen LogP contribution in [0.1, 0.15) is 41.5 Å². The number of hydrogen-bond acceptors (Lipinski definition) is 6. The first-order valence-corrected chi connectivity index (χ1v) is 12.3. The molecule has 0 aliphatic carbocycles. The third kappa shape index (κ3) is 6.49. The summed E-state index contributed by atoms with van der Waals surface area (Å²) in [5.74, 6) is 0.791. The van der Waals surface area contributed by atoms with Crippen LogP contribution in [0.5, 0.6) is 5.75 Å². The predicted octanol–water partition coefficient (Wildman–Crippen LogP) is 4.52. The lowest BCUT2D eigenvalue weighted by Crippen LogP contribution is -2.45. The fourth-order valence-corrected chi connectivity index (χ4v) is 4.83. The number of nitriles is 1. The molecule has 0 bridgehead atoms. The van der Waals surface area contributed by atoms with Crippen LogP contribution in [0.15, 0.2) is 36.4 Å². The summed E-state index contributed by atoms with van der Waals surface area (Å²) < 4.78 is 51.3. The van der Waals surface area contributed by atoms with Gasteiger partial charge in [-0.2, -0.15) is 18.4 Å². The number of rotatable bonds is 7. The Balaban J connectivity index is 1.28. The molecule has 6 nitrogen and oxygen atoms in total. The zero-order valence-electron chi connectivity index (χ0n) is 20.5. The Morgan fingerprint density at radius 2 is 1.81 bits per heavy atom. The summed E-state index contributed by atoms with van der Waals surface area (Å²) in [6.07, 6.45) is -3.30. The maximum absolute atomic E-state index is 13.3. The van der Waals surface area contributed by atoms with Gasteiger partial charge in [0, 0.05) is 44.8 Å². The third-order valence-corrected chi connectivity index (χ3v) is 7.06. The number of benzene rings is 2. The number of anilines is 1. The zero-order chi connectivity index (χ0) is 25.8. The zero-order valence-corrected chi connectivity index (χ0v) is 20.5. The smallest absolute Gasteiger partial charge is 0.417 e. The van der Waals surface area contributed by atoms with Gasteiger partial charge in [-0.25, -0.2) is 0 Å². The number of halogens is 3. The minimum atomic E-state index is -4.59. The van der Waals surface area contributed by atoms with E-state index in [1.54, 1.807) is 6.07 Å². The van der Waals surface area contributed by atoms with Gasteiger partial charge in [0.05, 0.1) is 42.6 Å². The number of ether oxygens (including phenoxy) is 2. The van der Waals surface area contributed by atoms with Crippen molar-refractivity contribution >= 4 is 5.69 Å². The molecule has 2 aliphatic heterocycles. The second kappa shape index (κ2) is 11.1. The van der Waals surface area contributed by atoms with Gasteiger partial charge in [0.2, 0.25) is 0 Å². The van der Waals surface area contributed by atoms with Crippen molar-refractivity contribution in [2.45, 2.75) is 44.5 Å². The summed E-state index contributed by atoms with van der Waals surface area (Å²) in [5, 5.41) is 20.0. The van der Waals surface area contributed by atoms with Crippen molar-refractivity contribution in [2.24, 2.45) is 0 Å². The Kier molecular flexibility index (Phi) is 8.08. The quantitative estimate of drug-likeness (QED) is 0.600. The summed E-state index contributed by atoms with van der Waals surface area (Å²) in [5.41, 5.74) is 0.435. The van der Waals surface area contributed by atoms with Crippen LogP contribution in [0.4, 0.5) is 18.9 Å². The fraction of sp³-hybridized carbons (Fsp3) is 0.519. The highest BCUT2D eigenvalue weighted by molar-refractivity contribution is 5.55. The second-order valence-corrected chi connectivity index (χ2v) is 9.64. The Hall–Kier alpha value is -2.80. The molecule has 9 heteroatoms. The summed E-state index contributed by atoms with van der Waals surface area (Å²) >= 11 is 0. The Labute approximate surface area is 209 Å². The van der Waals surface area contributed by atoms with Gasteiger partial charge in [-0.3, -0.25) is 4.90 Å². The van der Waals surface area contributed by atoms with Gasteiger partial charge >= 0.3 is 6.18 Å². The monoisotopic (exact) mass is 503 g/mol. The van der Waals surface area contributed by atoms with Crippen LogP contribution >= 0.6 is 0 Å². The van der Waals surface area contributed by atoms with Gasteiger partial charge < -0.3 is 19.5 Å².